The second-order valence-electron chi connectivity index (χ2n) is 7.05. The van der Waals surface area contributed by atoms with Gasteiger partial charge in [0.2, 0.25) is 0 Å². The molecule has 4 rings (SSSR count). The van der Waals surface area contributed by atoms with Gasteiger partial charge in [0.15, 0.2) is 0 Å². The first kappa shape index (κ1) is 18.7. The molecule has 1 amide bonds. The minimum Gasteiger partial charge on any atom is -0.379 e. The van der Waals surface area contributed by atoms with E-state index < -0.39 is 0 Å². The fourth-order valence-corrected chi connectivity index (χ4v) is 3.51. The summed E-state index contributed by atoms with van der Waals surface area (Å²) in [5, 5.41) is 3.01. The normalized spacial score (nSPS) is 15.0. The van der Waals surface area contributed by atoms with Crippen LogP contribution < -0.4 is 5.32 Å². The third kappa shape index (κ3) is 4.08. The molecule has 0 bridgehead atoms. The highest BCUT2D eigenvalue weighted by Gasteiger charge is 2.12. The quantitative estimate of drug-likeness (QED) is 0.716. The van der Waals surface area contributed by atoms with E-state index in [1.165, 1.54) is 5.56 Å². The van der Waals surface area contributed by atoms with Crippen LogP contribution in [0.2, 0.25) is 0 Å². The number of morpholine rings is 1. The number of nitrogens with zero attached hydrogens (tertiary/aromatic N) is 3. The lowest BCUT2D eigenvalue weighted by Gasteiger charge is -2.26. The lowest BCUT2D eigenvalue weighted by molar-refractivity contribution is 0.0383. The molecular weight excluding hydrogens is 352 g/mol. The summed E-state index contributed by atoms with van der Waals surface area (Å²) in [6.45, 7) is 7.03. The van der Waals surface area contributed by atoms with Gasteiger partial charge in [-0.05, 0) is 42.3 Å². The minimum absolute atomic E-state index is 0.0583. The number of ether oxygens (including phenoxy) is 1. The van der Waals surface area contributed by atoms with Crippen LogP contribution in [0.3, 0.4) is 0 Å². The zero-order valence-electron chi connectivity index (χ0n) is 16.2. The number of benzene rings is 2. The number of amides is 1. The van der Waals surface area contributed by atoms with Gasteiger partial charge in [-0.2, -0.15) is 0 Å². The maximum absolute atomic E-state index is 12.5. The molecule has 146 valence electrons. The molecule has 1 aliphatic heterocycles. The topological polar surface area (TPSA) is 59.4 Å². The summed E-state index contributed by atoms with van der Waals surface area (Å²) in [6, 6.07) is 14.2. The predicted molar refractivity (Wildman–Crippen MR) is 110 cm³/mol. The van der Waals surface area contributed by atoms with E-state index in [0.717, 1.165) is 56.0 Å². The van der Waals surface area contributed by atoms with Crippen molar-refractivity contribution >= 4 is 16.9 Å². The third-order valence-corrected chi connectivity index (χ3v) is 5.25. The molecule has 0 unspecified atom stereocenters. The molecule has 6 nitrogen and oxygen atoms in total. The van der Waals surface area contributed by atoms with Crippen molar-refractivity contribution in [1.82, 2.24) is 19.8 Å². The summed E-state index contributed by atoms with van der Waals surface area (Å²) < 4.78 is 7.40. The Hall–Kier alpha value is -2.70. The van der Waals surface area contributed by atoms with Crippen LogP contribution in [0.4, 0.5) is 0 Å². The highest BCUT2D eigenvalue weighted by Crippen LogP contribution is 2.20. The largest absolute Gasteiger partial charge is 0.379 e. The van der Waals surface area contributed by atoms with Gasteiger partial charge in [0.1, 0.15) is 6.33 Å². The molecule has 1 aromatic heterocycles. The Morgan fingerprint density at radius 3 is 2.68 bits per heavy atom. The number of imidazole rings is 1. The van der Waals surface area contributed by atoms with E-state index in [1.54, 1.807) is 0 Å². The van der Waals surface area contributed by atoms with E-state index in [0.29, 0.717) is 12.1 Å². The fourth-order valence-electron chi connectivity index (χ4n) is 3.51. The Morgan fingerprint density at radius 2 is 1.93 bits per heavy atom. The van der Waals surface area contributed by atoms with Crippen LogP contribution in [0.15, 0.2) is 48.8 Å². The highest BCUT2D eigenvalue weighted by molar-refractivity contribution is 5.97. The highest BCUT2D eigenvalue weighted by atomic mass is 16.5. The molecule has 2 heterocycles. The van der Waals surface area contributed by atoms with Gasteiger partial charge in [-0.15, -0.1) is 0 Å². The summed E-state index contributed by atoms with van der Waals surface area (Å²) in [5.41, 5.74) is 4.84. The lowest BCUT2D eigenvalue weighted by atomic mass is 10.1. The van der Waals surface area contributed by atoms with E-state index in [1.807, 2.05) is 24.5 Å². The molecular formula is C22H26N4O2. The summed E-state index contributed by atoms with van der Waals surface area (Å²) in [5.74, 6) is -0.0583. The Morgan fingerprint density at radius 1 is 1.14 bits per heavy atom. The molecule has 2 aromatic carbocycles. The summed E-state index contributed by atoms with van der Waals surface area (Å²) >= 11 is 0. The number of carbonyl (C=O) groups is 1. The molecule has 0 atom stereocenters. The third-order valence-electron chi connectivity index (χ3n) is 5.25. The van der Waals surface area contributed by atoms with Crippen molar-refractivity contribution in [1.29, 1.82) is 0 Å². The molecule has 3 aromatic rings. The van der Waals surface area contributed by atoms with E-state index in [4.69, 9.17) is 4.74 Å². The van der Waals surface area contributed by atoms with E-state index in [2.05, 4.69) is 51.0 Å². The van der Waals surface area contributed by atoms with Gasteiger partial charge in [-0.3, -0.25) is 14.3 Å². The maximum atomic E-state index is 12.5. The number of aromatic nitrogens is 2. The van der Waals surface area contributed by atoms with Crippen LogP contribution in [0.1, 0.15) is 22.8 Å². The Balaban J connectivity index is 1.43. The monoisotopic (exact) mass is 378 g/mol. The van der Waals surface area contributed by atoms with Gasteiger partial charge in [0.25, 0.3) is 5.91 Å². The van der Waals surface area contributed by atoms with Crippen LogP contribution >= 0.6 is 0 Å². The maximum Gasteiger partial charge on any atom is 0.251 e. The van der Waals surface area contributed by atoms with Crippen molar-refractivity contribution < 1.29 is 9.53 Å². The fraction of sp³-hybridized carbons (Fsp3) is 0.364. The van der Waals surface area contributed by atoms with Gasteiger partial charge in [0, 0.05) is 37.4 Å². The summed E-state index contributed by atoms with van der Waals surface area (Å²) in [7, 11) is 0. The number of nitrogens with one attached hydrogen (secondary N) is 1. The number of carbonyl (C=O) groups excluding carboxylic acids is 1. The second kappa shape index (κ2) is 8.54. The molecule has 1 N–H and O–H groups in total. The first-order valence-electron chi connectivity index (χ1n) is 9.89. The first-order valence-corrected chi connectivity index (χ1v) is 9.89. The van der Waals surface area contributed by atoms with Crippen LogP contribution in [0, 0.1) is 0 Å². The SMILES string of the molecule is CCc1ccc(-n2cnc3cc(C(=O)NCCN4CCOCC4)ccc32)cc1. The molecule has 1 saturated heterocycles. The number of hydrogen-bond acceptors (Lipinski definition) is 4. The van der Waals surface area contributed by atoms with Crippen LogP contribution in [-0.4, -0.2) is 59.8 Å². The molecule has 6 heteroatoms. The van der Waals surface area contributed by atoms with E-state index in [-0.39, 0.29) is 5.91 Å². The zero-order chi connectivity index (χ0) is 19.3. The van der Waals surface area contributed by atoms with Crippen molar-refractivity contribution in [2.75, 3.05) is 39.4 Å². The van der Waals surface area contributed by atoms with Crippen LogP contribution in [0.25, 0.3) is 16.7 Å². The smallest absolute Gasteiger partial charge is 0.251 e. The second-order valence-corrected chi connectivity index (χ2v) is 7.05. The molecule has 1 aliphatic rings. The van der Waals surface area contributed by atoms with Gasteiger partial charge in [0.05, 0.1) is 24.2 Å². The number of hydrogen-bond donors (Lipinski definition) is 1. The minimum atomic E-state index is -0.0583. The van der Waals surface area contributed by atoms with Gasteiger partial charge in [-0.25, -0.2) is 4.98 Å². The number of aryl methyl sites for hydroxylation is 1. The van der Waals surface area contributed by atoms with Crippen molar-refractivity contribution in [3.05, 3.63) is 59.9 Å². The Labute approximate surface area is 165 Å². The molecule has 1 fully saturated rings. The summed E-state index contributed by atoms with van der Waals surface area (Å²) in [6.07, 6.45) is 2.83. The summed E-state index contributed by atoms with van der Waals surface area (Å²) in [4.78, 5) is 19.3. The molecule has 0 spiro atoms. The average molecular weight is 378 g/mol. The van der Waals surface area contributed by atoms with Crippen LogP contribution in [0.5, 0.6) is 0 Å². The standard InChI is InChI=1S/C22H26N4O2/c1-2-17-3-6-19(7-4-17)26-16-24-20-15-18(5-8-21(20)26)22(27)23-9-10-25-11-13-28-14-12-25/h3-8,15-16H,2,9-14H2,1H3,(H,23,27). The average Bonchev–Trinajstić information content (AvgIpc) is 3.18. The van der Waals surface area contributed by atoms with E-state index >= 15 is 0 Å². The molecule has 0 saturated carbocycles. The first-order chi connectivity index (χ1) is 13.7. The molecule has 0 radical (unpaired) electrons. The zero-order valence-corrected chi connectivity index (χ0v) is 16.2. The molecule has 28 heavy (non-hydrogen) atoms. The van der Waals surface area contributed by atoms with Gasteiger partial charge in [-0.1, -0.05) is 19.1 Å². The van der Waals surface area contributed by atoms with Crippen molar-refractivity contribution in [3.8, 4) is 5.69 Å². The van der Waals surface area contributed by atoms with Crippen molar-refractivity contribution in [3.63, 3.8) is 0 Å². The predicted octanol–water partition coefficient (Wildman–Crippen LogP) is 2.65. The van der Waals surface area contributed by atoms with Gasteiger partial charge >= 0.3 is 0 Å². The van der Waals surface area contributed by atoms with Crippen molar-refractivity contribution in [2.24, 2.45) is 0 Å². The number of fused-ring (bicyclic) bond motifs is 1. The van der Waals surface area contributed by atoms with E-state index in [9.17, 15) is 4.79 Å². The Kier molecular flexibility index (Phi) is 5.69. The molecule has 0 aliphatic carbocycles. The number of rotatable bonds is 6. The van der Waals surface area contributed by atoms with Crippen LogP contribution in [-0.2, 0) is 11.2 Å². The Bertz CT molecular complexity index is 943. The van der Waals surface area contributed by atoms with Crippen molar-refractivity contribution in [2.45, 2.75) is 13.3 Å². The lowest BCUT2D eigenvalue weighted by Crippen LogP contribution is -2.41. The van der Waals surface area contributed by atoms with Gasteiger partial charge < -0.3 is 10.1 Å².